The second-order valence-electron chi connectivity index (χ2n) is 5.94. The van der Waals surface area contributed by atoms with Gasteiger partial charge in [0.15, 0.2) is 0 Å². The van der Waals surface area contributed by atoms with Crippen LogP contribution in [0.4, 0.5) is 0 Å². The predicted molar refractivity (Wildman–Crippen MR) is 94.3 cm³/mol. The molecule has 2 heteroatoms. The summed E-state index contributed by atoms with van der Waals surface area (Å²) in [5.41, 5.74) is 5.23. The molecular weight excluding hydrogens is 324 g/mol. The summed E-state index contributed by atoms with van der Waals surface area (Å²) in [6.07, 6.45) is 0. The van der Waals surface area contributed by atoms with Crippen LogP contribution in [0.5, 0.6) is 5.75 Å². The van der Waals surface area contributed by atoms with Crippen LogP contribution < -0.4 is 4.74 Å². The number of hydrogen-bond acceptors (Lipinski definition) is 1. The van der Waals surface area contributed by atoms with Gasteiger partial charge in [0.2, 0.25) is 0 Å². The van der Waals surface area contributed by atoms with Gasteiger partial charge in [0.1, 0.15) is 5.75 Å². The van der Waals surface area contributed by atoms with E-state index >= 15 is 0 Å². The molecule has 0 spiro atoms. The molecule has 2 rings (SSSR count). The fraction of sp³-hybridized carbons (Fsp3) is 0.368. The first-order chi connectivity index (χ1) is 9.97. The van der Waals surface area contributed by atoms with E-state index in [9.17, 15) is 0 Å². The highest BCUT2D eigenvalue weighted by Gasteiger charge is 2.19. The zero-order valence-corrected chi connectivity index (χ0v) is 15.0. The standard InChI is InChI=1S/C19H23BrO/c1-12(2)14-8-6-9-15(13(3)4)18(14)16-10-7-11-17(20)19(16)21-5/h6-13H,1-5H3. The van der Waals surface area contributed by atoms with Crippen LogP contribution in [0.15, 0.2) is 40.9 Å². The molecule has 0 heterocycles. The van der Waals surface area contributed by atoms with Gasteiger partial charge in [0.25, 0.3) is 0 Å². The number of para-hydroxylation sites is 1. The van der Waals surface area contributed by atoms with Gasteiger partial charge in [-0.2, -0.15) is 0 Å². The van der Waals surface area contributed by atoms with Crippen molar-refractivity contribution < 1.29 is 4.74 Å². The highest BCUT2D eigenvalue weighted by Crippen LogP contribution is 2.43. The van der Waals surface area contributed by atoms with Crippen LogP contribution in [0.1, 0.15) is 50.7 Å². The minimum Gasteiger partial charge on any atom is -0.495 e. The summed E-state index contributed by atoms with van der Waals surface area (Å²) in [7, 11) is 1.73. The number of hydrogen-bond donors (Lipinski definition) is 0. The first-order valence-electron chi connectivity index (χ1n) is 7.43. The monoisotopic (exact) mass is 346 g/mol. The summed E-state index contributed by atoms with van der Waals surface area (Å²) < 4.78 is 6.65. The van der Waals surface area contributed by atoms with Crippen molar-refractivity contribution in [2.45, 2.75) is 39.5 Å². The molecule has 0 aromatic heterocycles. The molecule has 0 aliphatic rings. The summed E-state index contributed by atoms with van der Waals surface area (Å²) in [5, 5.41) is 0. The SMILES string of the molecule is COc1c(Br)cccc1-c1c(C(C)C)cccc1C(C)C. The van der Waals surface area contributed by atoms with Gasteiger partial charge in [-0.3, -0.25) is 0 Å². The summed E-state index contributed by atoms with van der Waals surface area (Å²) in [6.45, 7) is 8.97. The number of methoxy groups -OCH3 is 1. The zero-order chi connectivity index (χ0) is 15.6. The Morgan fingerprint density at radius 3 is 1.86 bits per heavy atom. The molecule has 112 valence electrons. The normalized spacial score (nSPS) is 11.2. The van der Waals surface area contributed by atoms with Crippen LogP contribution in [0, 0.1) is 0 Å². The molecule has 1 nitrogen and oxygen atoms in total. The van der Waals surface area contributed by atoms with Gasteiger partial charge in [-0.05, 0) is 50.5 Å². The lowest BCUT2D eigenvalue weighted by atomic mass is 9.85. The zero-order valence-electron chi connectivity index (χ0n) is 13.4. The molecule has 0 saturated heterocycles. The van der Waals surface area contributed by atoms with Crippen LogP contribution >= 0.6 is 15.9 Å². The minimum atomic E-state index is 0.474. The lowest BCUT2D eigenvalue weighted by molar-refractivity contribution is 0.413. The molecule has 0 N–H and O–H groups in total. The van der Waals surface area contributed by atoms with Gasteiger partial charge in [0.05, 0.1) is 11.6 Å². The molecule has 0 bridgehead atoms. The Labute approximate surface area is 136 Å². The van der Waals surface area contributed by atoms with E-state index in [1.165, 1.54) is 22.3 Å². The van der Waals surface area contributed by atoms with Gasteiger partial charge in [-0.25, -0.2) is 0 Å². The Kier molecular flexibility index (Phi) is 5.10. The maximum Gasteiger partial charge on any atom is 0.140 e. The minimum absolute atomic E-state index is 0.474. The molecule has 2 aromatic carbocycles. The van der Waals surface area contributed by atoms with Crippen molar-refractivity contribution in [3.8, 4) is 16.9 Å². The molecule has 2 aromatic rings. The molecule has 0 fully saturated rings. The van der Waals surface area contributed by atoms with Gasteiger partial charge in [-0.15, -0.1) is 0 Å². The molecular formula is C19H23BrO. The fourth-order valence-electron chi connectivity index (χ4n) is 2.78. The Bertz CT molecular complexity index is 603. The third-order valence-corrected chi connectivity index (χ3v) is 4.44. The highest BCUT2D eigenvalue weighted by molar-refractivity contribution is 9.10. The summed E-state index contributed by atoms with van der Waals surface area (Å²) >= 11 is 3.60. The summed E-state index contributed by atoms with van der Waals surface area (Å²) in [5.74, 6) is 1.86. The van der Waals surface area contributed by atoms with E-state index in [0.717, 1.165) is 10.2 Å². The van der Waals surface area contributed by atoms with Gasteiger partial charge < -0.3 is 4.74 Å². The van der Waals surface area contributed by atoms with E-state index < -0.39 is 0 Å². The smallest absolute Gasteiger partial charge is 0.140 e. The molecule has 0 atom stereocenters. The van der Waals surface area contributed by atoms with Crippen LogP contribution in [-0.2, 0) is 0 Å². The van der Waals surface area contributed by atoms with Crippen LogP contribution in [0.25, 0.3) is 11.1 Å². The third kappa shape index (κ3) is 3.16. The van der Waals surface area contributed by atoms with Crippen molar-refractivity contribution in [3.63, 3.8) is 0 Å². The van der Waals surface area contributed by atoms with E-state index in [0.29, 0.717) is 11.8 Å². The number of benzene rings is 2. The van der Waals surface area contributed by atoms with Gasteiger partial charge >= 0.3 is 0 Å². The molecule has 0 aliphatic heterocycles. The molecule has 21 heavy (non-hydrogen) atoms. The molecule has 0 saturated carbocycles. The van der Waals surface area contributed by atoms with E-state index in [4.69, 9.17) is 4.74 Å². The van der Waals surface area contributed by atoms with Crippen molar-refractivity contribution in [3.05, 3.63) is 52.0 Å². The Morgan fingerprint density at radius 1 is 0.857 bits per heavy atom. The molecule has 0 aliphatic carbocycles. The van der Waals surface area contributed by atoms with Crippen LogP contribution in [-0.4, -0.2) is 7.11 Å². The number of halogens is 1. The van der Waals surface area contributed by atoms with E-state index in [1.54, 1.807) is 7.11 Å². The lowest BCUT2D eigenvalue weighted by Gasteiger charge is -2.22. The van der Waals surface area contributed by atoms with E-state index in [-0.39, 0.29) is 0 Å². The van der Waals surface area contributed by atoms with Crippen molar-refractivity contribution >= 4 is 15.9 Å². The Balaban J connectivity index is 2.81. The van der Waals surface area contributed by atoms with Gasteiger partial charge in [-0.1, -0.05) is 58.0 Å². The van der Waals surface area contributed by atoms with Crippen molar-refractivity contribution in [2.24, 2.45) is 0 Å². The van der Waals surface area contributed by atoms with Crippen molar-refractivity contribution in [1.82, 2.24) is 0 Å². The van der Waals surface area contributed by atoms with Crippen molar-refractivity contribution in [1.29, 1.82) is 0 Å². The average Bonchev–Trinajstić information content (AvgIpc) is 2.45. The maximum atomic E-state index is 5.65. The molecule has 0 unspecified atom stereocenters. The summed E-state index contributed by atoms with van der Waals surface area (Å²) in [4.78, 5) is 0. The average molecular weight is 347 g/mol. The Morgan fingerprint density at radius 2 is 1.38 bits per heavy atom. The van der Waals surface area contributed by atoms with Crippen LogP contribution in [0.3, 0.4) is 0 Å². The highest BCUT2D eigenvalue weighted by atomic mass is 79.9. The third-order valence-electron chi connectivity index (χ3n) is 3.81. The lowest BCUT2D eigenvalue weighted by Crippen LogP contribution is -2.01. The molecule has 0 radical (unpaired) electrons. The second-order valence-corrected chi connectivity index (χ2v) is 6.80. The largest absolute Gasteiger partial charge is 0.495 e. The van der Waals surface area contributed by atoms with Crippen LogP contribution in [0.2, 0.25) is 0 Å². The van der Waals surface area contributed by atoms with E-state index in [1.807, 2.05) is 6.07 Å². The summed E-state index contributed by atoms with van der Waals surface area (Å²) in [6, 6.07) is 12.9. The number of ether oxygens (including phenoxy) is 1. The Hall–Kier alpha value is -1.28. The van der Waals surface area contributed by atoms with E-state index in [2.05, 4.69) is 74.0 Å². The molecule has 0 amide bonds. The topological polar surface area (TPSA) is 9.23 Å². The number of rotatable bonds is 4. The first-order valence-corrected chi connectivity index (χ1v) is 8.22. The second kappa shape index (κ2) is 6.65. The first kappa shape index (κ1) is 16.1. The quantitative estimate of drug-likeness (QED) is 0.624. The predicted octanol–water partition coefficient (Wildman–Crippen LogP) is 6.37. The van der Waals surface area contributed by atoms with Crippen molar-refractivity contribution in [2.75, 3.05) is 7.11 Å². The maximum absolute atomic E-state index is 5.65. The fourth-order valence-corrected chi connectivity index (χ4v) is 3.30. The van der Waals surface area contributed by atoms with Gasteiger partial charge in [0, 0.05) is 5.56 Å².